The van der Waals surface area contributed by atoms with Gasteiger partial charge in [0, 0.05) is 17.8 Å². The first-order valence-corrected chi connectivity index (χ1v) is 12.4. The second-order valence-electron chi connectivity index (χ2n) is 7.64. The number of fused-ring (bicyclic) bond motifs is 1. The van der Waals surface area contributed by atoms with Gasteiger partial charge >= 0.3 is 7.60 Å². The van der Waals surface area contributed by atoms with Crippen LogP contribution in [0.3, 0.4) is 0 Å². The molecule has 0 aromatic carbocycles. The van der Waals surface area contributed by atoms with Crippen molar-refractivity contribution < 1.29 is 14.0 Å². The molecule has 0 aliphatic carbocycles. The highest BCUT2D eigenvalue weighted by Gasteiger charge is 2.47. The number of unbranched alkanes of at least 4 members (excludes halogenated alkanes) is 4. The molecule has 1 N–H and O–H groups in total. The van der Waals surface area contributed by atoms with E-state index in [2.05, 4.69) is 23.9 Å². The summed E-state index contributed by atoms with van der Waals surface area (Å²) in [6.07, 6.45) is 10.8. The van der Waals surface area contributed by atoms with Crippen LogP contribution < -0.4 is 4.52 Å². The van der Waals surface area contributed by atoms with Gasteiger partial charge < -0.3 is 9.42 Å². The predicted molar refractivity (Wildman–Crippen MR) is 114 cm³/mol. The van der Waals surface area contributed by atoms with Crippen molar-refractivity contribution in [1.82, 2.24) is 14.6 Å². The lowest BCUT2D eigenvalue weighted by atomic mass is 9.94. The SMILES string of the molecule is CCCCCCC(CC)(CC)P(=O)(O)Oc1cc(CCCC)nc2ccnn12. The number of nitrogens with zero attached hydrogens (tertiary/aromatic N) is 3. The summed E-state index contributed by atoms with van der Waals surface area (Å²) in [4.78, 5) is 15.7. The summed E-state index contributed by atoms with van der Waals surface area (Å²) in [6.45, 7) is 8.27. The summed E-state index contributed by atoms with van der Waals surface area (Å²) < 4.78 is 20.9. The lowest BCUT2D eigenvalue weighted by Crippen LogP contribution is -2.30. The Labute approximate surface area is 169 Å². The highest BCUT2D eigenvalue weighted by Crippen LogP contribution is 2.60. The first-order chi connectivity index (χ1) is 13.4. The zero-order valence-corrected chi connectivity index (χ0v) is 18.8. The molecule has 0 bridgehead atoms. The van der Waals surface area contributed by atoms with Crippen molar-refractivity contribution in [3.63, 3.8) is 0 Å². The van der Waals surface area contributed by atoms with Crippen molar-refractivity contribution in [2.24, 2.45) is 0 Å². The Morgan fingerprint density at radius 1 is 1.11 bits per heavy atom. The second-order valence-corrected chi connectivity index (χ2v) is 9.82. The molecular formula is C21H36N3O3P. The van der Waals surface area contributed by atoms with E-state index in [0.717, 1.165) is 50.6 Å². The van der Waals surface area contributed by atoms with Gasteiger partial charge in [0.05, 0.1) is 11.4 Å². The molecule has 0 spiro atoms. The maximum absolute atomic E-state index is 13.5. The molecule has 1 unspecified atom stereocenters. The number of hydrogen-bond acceptors (Lipinski definition) is 4. The molecule has 7 heteroatoms. The van der Waals surface area contributed by atoms with Crippen molar-refractivity contribution in [2.75, 3.05) is 0 Å². The van der Waals surface area contributed by atoms with Gasteiger partial charge in [-0.25, -0.2) is 9.55 Å². The Morgan fingerprint density at radius 2 is 1.82 bits per heavy atom. The Kier molecular flexibility index (Phi) is 8.51. The third-order valence-corrected chi connectivity index (χ3v) is 8.28. The molecule has 0 aliphatic rings. The molecule has 158 valence electrons. The minimum atomic E-state index is -3.92. The Bertz CT molecular complexity index is 786. The third-order valence-electron chi connectivity index (χ3n) is 5.79. The van der Waals surface area contributed by atoms with Crippen molar-refractivity contribution in [2.45, 2.75) is 97.1 Å². The van der Waals surface area contributed by atoms with Gasteiger partial charge in [0.2, 0.25) is 5.88 Å². The lowest BCUT2D eigenvalue weighted by molar-refractivity contribution is 0.300. The predicted octanol–water partition coefficient (Wildman–Crippen LogP) is 6.17. The van der Waals surface area contributed by atoms with E-state index in [0.29, 0.717) is 30.8 Å². The van der Waals surface area contributed by atoms with Crippen molar-refractivity contribution in [1.29, 1.82) is 0 Å². The monoisotopic (exact) mass is 409 g/mol. The topological polar surface area (TPSA) is 76.7 Å². The zero-order valence-electron chi connectivity index (χ0n) is 17.9. The van der Waals surface area contributed by atoms with Gasteiger partial charge in [-0.1, -0.05) is 59.8 Å². The Hall–Kier alpha value is -1.39. The molecule has 28 heavy (non-hydrogen) atoms. The fourth-order valence-electron chi connectivity index (χ4n) is 3.73. The van der Waals surface area contributed by atoms with E-state index in [-0.39, 0.29) is 0 Å². The molecule has 2 rings (SSSR count). The molecule has 0 aliphatic heterocycles. The minimum absolute atomic E-state index is 0.312. The van der Waals surface area contributed by atoms with Gasteiger partial charge in [-0.05, 0) is 32.1 Å². The van der Waals surface area contributed by atoms with Gasteiger partial charge in [0.15, 0.2) is 5.65 Å². The molecular weight excluding hydrogens is 373 g/mol. The van der Waals surface area contributed by atoms with E-state index in [1.54, 1.807) is 18.3 Å². The summed E-state index contributed by atoms with van der Waals surface area (Å²) in [5, 5.41) is 3.51. The molecule has 2 aromatic heterocycles. The average Bonchev–Trinajstić information content (AvgIpc) is 3.15. The number of aryl methyl sites for hydroxylation is 1. The van der Waals surface area contributed by atoms with Crippen LogP contribution in [0.1, 0.15) is 91.2 Å². The molecule has 6 nitrogen and oxygen atoms in total. The van der Waals surface area contributed by atoms with Gasteiger partial charge in [-0.3, -0.25) is 0 Å². The van der Waals surface area contributed by atoms with Gasteiger partial charge in [0.25, 0.3) is 0 Å². The quantitative estimate of drug-likeness (QED) is 0.316. The van der Waals surface area contributed by atoms with Crippen LogP contribution in [0.4, 0.5) is 0 Å². The lowest BCUT2D eigenvalue weighted by Gasteiger charge is -2.35. The maximum atomic E-state index is 13.5. The van der Waals surface area contributed by atoms with Gasteiger partial charge in [-0.15, -0.1) is 0 Å². The smallest absolute Gasteiger partial charge is 0.383 e. The number of rotatable bonds is 13. The third kappa shape index (κ3) is 5.15. The summed E-state index contributed by atoms with van der Waals surface area (Å²) >= 11 is 0. The van der Waals surface area contributed by atoms with Crippen LogP contribution in [0, 0.1) is 0 Å². The average molecular weight is 410 g/mol. The van der Waals surface area contributed by atoms with E-state index >= 15 is 0 Å². The minimum Gasteiger partial charge on any atom is -0.405 e. The summed E-state index contributed by atoms with van der Waals surface area (Å²) in [6, 6.07) is 3.56. The summed E-state index contributed by atoms with van der Waals surface area (Å²) in [5.74, 6) is 0.312. The zero-order chi connectivity index (χ0) is 20.6. The van der Waals surface area contributed by atoms with Crippen molar-refractivity contribution in [3.05, 3.63) is 24.0 Å². The van der Waals surface area contributed by atoms with E-state index in [4.69, 9.17) is 4.52 Å². The van der Waals surface area contributed by atoms with E-state index in [1.165, 1.54) is 4.52 Å². The number of aromatic nitrogens is 3. The van der Waals surface area contributed by atoms with Crippen LogP contribution in [-0.4, -0.2) is 24.6 Å². The van der Waals surface area contributed by atoms with Crippen LogP contribution in [0.15, 0.2) is 18.3 Å². The maximum Gasteiger partial charge on any atom is 0.383 e. The van der Waals surface area contributed by atoms with Crippen LogP contribution in [0.25, 0.3) is 5.65 Å². The molecule has 0 fully saturated rings. The van der Waals surface area contributed by atoms with Crippen LogP contribution in [0.2, 0.25) is 0 Å². The summed E-state index contributed by atoms with van der Waals surface area (Å²) in [5.41, 5.74) is 1.51. The van der Waals surface area contributed by atoms with Gasteiger partial charge in [0.1, 0.15) is 0 Å². The molecule has 1 atom stereocenters. The highest BCUT2D eigenvalue weighted by atomic mass is 31.2. The Balaban J connectivity index is 2.31. The Morgan fingerprint density at radius 3 is 2.46 bits per heavy atom. The molecule has 2 aromatic rings. The first-order valence-electron chi connectivity index (χ1n) is 10.8. The van der Waals surface area contributed by atoms with Crippen LogP contribution in [-0.2, 0) is 11.0 Å². The van der Waals surface area contributed by atoms with E-state index in [1.807, 2.05) is 13.8 Å². The van der Waals surface area contributed by atoms with E-state index < -0.39 is 12.8 Å². The fraction of sp³-hybridized carbons (Fsp3) is 0.714. The van der Waals surface area contributed by atoms with Crippen LogP contribution >= 0.6 is 7.60 Å². The number of hydrogen-bond donors (Lipinski definition) is 1. The second kappa shape index (κ2) is 10.4. The van der Waals surface area contributed by atoms with Crippen molar-refractivity contribution in [3.8, 4) is 5.88 Å². The highest BCUT2D eigenvalue weighted by molar-refractivity contribution is 7.55. The molecule has 0 saturated carbocycles. The first kappa shape index (κ1) is 22.9. The van der Waals surface area contributed by atoms with Crippen molar-refractivity contribution >= 4 is 13.2 Å². The van der Waals surface area contributed by atoms with E-state index in [9.17, 15) is 9.46 Å². The van der Waals surface area contributed by atoms with Crippen LogP contribution in [0.5, 0.6) is 5.88 Å². The van der Waals surface area contributed by atoms with Gasteiger partial charge in [-0.2, -0.15) is 9.61 Å². The molecule has 0 amide bonds. The fourth-order valence-corrected chi connectivity index (χ4v) is 5.55. The normalized spacial score (nSPS) is 14.3. The standard InChI is InChI=1S/C21H36N3O3P/c1-5-9-11-12-15-21(7-3,8-4)28(25,26)27-20-17-18(13-10-6-2)23-19-14-16-22-24(19)20/h14,16-17H,5-13,15H2,1-4H3,(H,25,26). The molecule has 0 radical (unpaired) electrons. The summed E-state index contributed by atoms with van der Waals surface area (Å²) in [7, 11) is -3.92. The largest absolute Gasteiger partial charge is 0.405 e. The molecule has 0 saturated heterocycles. The molecule has 2 heterocycles.